The number of hydrogen-bond acceptors (Lipinski definition) is 8. The summed E-state index contributed by atoms with van der Waals surface area (Å²) >= 11 is 6.69. The molecule has 10 nitrogen and oxygen atoms in total. The summed E-state index contributed by atoms with van der Waals surface area (Å²) < 4.78 is 58.2. The van der Waals surface area contributed by atoms with Gasteiger partial charge in [-0.2, -0.15) is 10.4 Å². The van der Waals surface area contributed by atoms with Crippen molar-refractivity contribution in [3.8, 4) is 45.9 Å². The van der Waals surface area contributed by atoms with E-state index in [0.29, 0.717) is 30.5 Å². The van der Waals surface area contributed by atoms with Crippen molar-refractivity contribution in [1.82, 2.24) is 14.7 Å². The van der Waals surface area contributed by atoms with Crippen LogP contribution in [-0.2, 0) is 16.8 Å². The van der Waals surface area contributed by atoms with Crippen LogP contribution in [0, 0.1) is 23.0 Å². The van der Waals surface area contributed by atoms with E-state index >= 15 is 8.78 Å². The average molecular weight is 701 g/mol. The van der Waals surface area contributed by atoms with Crippen LogP contribution in [0.1, 0.15) is 69.2 Å². The standard InChI is InChI=1S/C37H31ClF2N4O6/c1-36(2,3)50-35(46)43-13-7-10-27(43)37(20-8-5-4-6-9-20)16-22-24(49-37)15-23(39)30(38)29(22)28-19(17-41)14-25-32(31(28)40)48-33-26(47-25)18-42-44(34(33)45)21-11-12-21/h4-6,8-9,14-15,18,21,27H,7,10-13,16H2,1-3H3/t27-,37-/m0/s1. The van der Waals surface area contributed by atoms with Crippen LogP contribution in [0.3, 0.4) is 0 Å². The third kappa shape index (κ3) is 5.05. The molecule has 8 rings (SSSR count). The highest BCUT2D eigenvalue weighted by Gasteiger charge is 2.54. The van der Waals surface area contributed by atoms with E-state index in [2.05, 4.69) is 5.10 Å². The zero-order chi connectivity index (χ0) is 35.1. The van der Waals surface area contributed by atoms with Gasteiger partial charge in [-0.25, -0.2) is 18.3 Å². The van der Waals surface area contributed by atoms with Gasteiger partial charge >= 0.3 is 11.7 Å². The number of aromatic nitrogens is 2. The van der Waals surface area contributed by atoms with Crippen LogP contribution in [0.5, 0.6) is 28.7 Å². The van der Waals surface area contributed by atoms with E-state index in [4.69, 9.17) is 30.5 Å². The van der Waals surface area contributed by atoms with Crippen LogP contribution in [-0.4, -0.2) is 39.0 Å². The second-order valence-corrected chi connectivity index (χ2v) is 14.3. The molecular formula is C37H31ClF2N4O6. The lowest BCUT2D eigenvalue weighted by molar-refractivity contribution is -0.0216. The number of rotatable bonds is 4. The van der Waals surface area contributed by atoms with Crippen molar-refractivity contribution >= 4 is 17.7 Å². The fraction of sp³-hybridized carbons (Fsp3) is 0.351. The first-order chi connectivity index (χ1) is 23.9. The molecule has 3 aromatic carbocycles. The first-order valence-corrected chi connectivity index (χ1v) is 16.8. The van der Waals surface area contributed by atoms with Crippen molar-refractivity contribution in [3.63, 3.8) is 0 Å². The van der Waals surface area contributed by atoms with Crippen molar-refractivity contribution in [1.29, 1.82) is 5.26 Å². The smallest absolute Gasteiger partial charge is 0.410 e. The third-order valence-electron chi connectivity index (χ3n) is 9.50. The number of carbonyl (C=O) groups excluding carboxylic acids is 1. The van der Waals surface area contributed by atoms with Gasteiger partial charge in [0.2, 0.25) is 11.5 Å². The molecule has 1 saturated heterocycles. The summed E-state index contributed by atoms with van der Waals surface area (Å²) in [5, 5.41) is 14.0. The molecule has 0 unspecified atom stereocenters. The number of ether oxygens (including phenoxy) is 4. The Bertz CT molecular complexity index is 2190. The van der Waals surface area contributed by atoms with E-state index in [1.165, 1.54) is 16.9 Å². The molecule has 1 amide bonds. The van der Waals surface area contributed by atoms with E-state index in [1.807, 2.05) is 36.4 Å². The molecule has 13 heteroatoms. The number of likely N-dealkylation sites (tertiary alicyclic amines) is 1. The van der Waals surface area contributed by atoms with Gasteiger partial charge in [0.1, 0.15) is 23.2 Å². The molecule has 0 spiro atoms. The molecular weight excluding hydrogens is 670 g/mol. The van der Waals surface area contributed by atoms with Gasteiger partial charge in [-0.05, 0) is 52.0 Å². The quantitative estimate of drug-likeness (QED) is 0.184. The van der Waals surface area contributed by atoms with Crippen LogP contribution in [0.15, 0.2) is 53.5 Å². The first kappa shape index (κ1) is 32.1. The van der Waals surface area contributed by atoms with E-state index in [9.17, 15) is 14.9 Å². The predicted molar refractivity (Wildman–Crippen MR) is 177 cm³/mol. The summed E-state index contributed by atoms with van der Waals surface area (Å²) in [5.41, 5.74) is -2.19. The number of halogens is 3. The third-order valence-corrected chi connectivity index (χ3v) is 9.87. The minimum Gasteiger partial charge on any atom is -0.480 e. The fourth-order valence-corrected chi connectivity index (χ4v) is 7.49. The molecule has 50 heavy (non-hydrogen) atoms. The Labute approximate surface area is 290 Å². The lowest BCUT2D eigenvalue weighted by atomic mass is 9.79. The number of benzene rings is 3. The summed E-state index contributed by atoms with van der Waals surface area (Å²) in [6.45, 7) is 5.77. The highest BCUT2D eigenvalue weighted by Crippen LogP contribution is 2.55. The van der Waals surface area contributed by atoms with Gasteiger partial charge in [-0.3, -0.25) is 4.79 Å². The molecule has 4 aliphatic rings. The van der Waals surface area contributed by atoms with Crippen LogP contribution in [0.25, 0.3) is 11.1 Å². The van der Waals surface area contributed by atoms with E-state index < -0.39 is 51.3 Å². The van der Waals surface area contributed by atoms with Crippen molar-refractivity contribution < 1.29 is 32.5 Å². The number of fused-ring (bicyclic) bond motifs is 3. The van der Waals surface area contributed by atoms with Crippen LogP contribution in [0.4, 0.5) is 13.6 Å². The molecule has 3 aliphatic heterocycles. The molecule has 2 atom stereocenters. The van der Waals surface area contributed by atoms with Gasteiger partial charge in [-0.15, -0.1) is 0 Å². The summed E-state index contributed by atoms with van der Waals surface area (Å²) in [6.07, 6.45) is 3.61. The highest BCUT2D eigenvalue weighted by atomic mass is 35.5. The summed E-state index contributed by atoms with van der Waals surface area (Å²) in [4.78, 5) is 28.4. The minimum atomic E-state index is -1.25. The second-order valence-electron chi connectivity index (χ2n) is 14.0. The van der Waals surface area contributed by atoms with Crippen molar-refractivity contribution in [3.05, 3.63) is 92.4 Å². The maximum Gasteiger partial charge on any atom is 0.410 e. The molecule has 256 valence electrons. The van der Waals surface area contributed by atoms with Gasteiger partial charge in [0.25, 0.3) is 0 Å². The van der Waals surface area contributed by atoms with E-state index in [-0.39, 0.29) is 52.2 Å². The largest absolute Gasteiger partial charge is 0.480 e. The lowest BCUT2D eigenvalue weighted by Crippen LogP contribution is -2.53. The normalized spacial score (nSPS) is 20.5. The molecule has 2 fully saturated rings. The van der Waals surface area contributed by atoms with Crippen molar-refractivity contribution in [2.45, 2.75) is 76.2 Å². The molecule has 1 aromatic heterocycles. The molecule has 1 aliphatic carbocycles. The Morgan fingerprint density at radius 3 is 2.52 bits per heavy atom. The fourth-order valence-electron chi connectivity index (χ4n) is 7.23. The number of carbonyl (C=O) groups is 1. The zero-order valence-corrected chi connectivity index (χ0v) is 28.1. The van der Waals surface area contributed by atoms with Gasteiger partial charge < -0.3 is 23.8 Å². The van der Waals surface area contributed by atoms with Crippen LogP contribution >= 0.6 is 11.6 Å². The lowest BCUT2D eigenvalue weighted by Gasteiger charge is -2.40. The SMILES string of the molecule is CC(C)(C)OC(=O)N1CCC[C@H]1[C@@]1(c2ccccc2)Cc2c(cc(F)c(Cl)c2-c2c(C#N)cc3c(c2F)Oc2c(cnn(C4CC4)c2=O)O3)O1. The summed E-state index contributed by atoms with van der Waals surface area (Å²) in [5.74, 6) is -2.76. The Morgan fingerprint density at radius 2 is 1.82 bits per heavy atom. The zero-order valence-electron chi connectivity index (χ0n) is 27.4. The Hall–Kier alpha value is -5.15. The molecule has 4 heterocycles. The first-order valence-electron chi connectivity index (χ1n) is 16.4. The van der Waals surface area contributed by atoms with Gasteiger partial charge in [0.15, 0.2) is 22.9 Å². The number of nitriles is 1. The molecule has 1 saturated carbocycles. The Kier molecular flexibility index (Phi) is 7.35. The summed E-state index contributed by atoms with van der Waals surface area (Å²) in [7, 11) is 0. The highest BCUT2D eigenvalue weighted by molar-refractivity contribution is 6.34. The topological polar surface area (TPSA) is 116 Å². The maximum atomic E-state index is 16.9. The summed E-state index contributed by atoms with van der Waals surface area (Å²) in [6, 6.07) is 13.0. The Morgan fingerprint density at radius 1 is 1.06 bits per heavy atom. The molecule has 0 N–H and O–H groups in total. The van der Waals surface area contributed by atoms with E-state index in [1.54, 1.807) is 25.7 Å². The number of hydrogen-bond donors (Lipinski definition) is 0. The average Bonchev–Trinajstić information content (AvgIpc) is 3.66. The molecule has 4 aromatic rings. The predicted octanol–water partition coefficient (Wildman–Crippen LogP) is 8.18. The van der Waals surface area contributed by atoms with E-state index in [0.717, 1.165) is 18.9 Å². The van der Waals surface area contributed by atoms with Crippen LogP contribution in [0.2, 0.25) is 5.02 Å². The molecule has 0 radical (unpaired) electrons. The number of amides is 1. The second kappa shape index (κ2) is 11.5. The van der Waals surface area contributed by atoms with Gasteiger partial charge in [-0.1, -0.05) is 41.9 Å². The maximum absolute atomic E-state index is 16.9. The van der Waals surface area contributed by atoms with Gasteiger partial charge in [0, 0.05) is 41.8 Å². The number of nitrogens with zero attached hydrogens (tertiary/aromatic N) is 4. The molecule has 0 bridgehead atoms. The minimum absolute atomic E-state index is 0.0210. The van der Waals surface area contributed by atoms with Crippen molar-refractivity contribution in [2.75, 3.05) is 6.54 Å². The monoisotopic (exact) mass is 700 g/mol. The Balaban J connectivity index is 1.28. The van der Waals surface area contributed by atoms with Crippen LogP contribution < -0.4 is 19.8 Å². The van der Waals surface area contributed by atoms with Crippen molar-refractivity contribution in [2.24, 2.45) is 0 Å². The van der Waals surface area contributed by atoms with Gasteiger partial charge in [0.05, 0.1) is 28.9 Å².